The lowest BCUT2D eigenvalue weighted by Crippen LogP contribution is -2.34. The highest BCUT2D eigenvalue weighted by atomic mass is 32.2. The van der Waals surface area contributed by atoms with E-state index in [4.69, 9.17) is 5.73 Å². The number of carbonyl (C=O) groups is 1. The van der Waals surface area contributed by atoms with Crippen LogP contribution in [-0.2, 0) is 0 Å². The van der Waals surface area contributed by atoms with Crippen molar-refractivity contribution < 1.29 is 9.72 Å². The van der Waals surface area contributed by atoms with E-state index in [1.807, 2.05) is 0 Å². The molecule has 1 aliphatic heterocycles. The number of aromatic nitrogens is 1. The van der Waals surface area contributed by atoms with Crippen LogP contribution in [0.15, 0.2) is 12.3 Å². The van der Waals surface area contributed by atoms with Crippen molar-refractivity contribution in [2.45, 2.75) is 25.0 Å². The Kier molecular flexibility index (Phi) is 4.36. The monoisotopic (exact) mass is 310 g/mol. The van der Waals surface area contributed by atoms with Crippen LogP contribution in [0.4, 0.5) is 11.5 Å². The molecule has 0 atom stereocenters. The molecule has 0 spiro atoms. The van der Waals surface area contributed by atoms with Crippen LogP contribution >= 0.6 is 11.8 Å². The maximum Gasteiger partial charge on any atom is 0.300 e. The molecule has 1 aliphatic rings. The van der Waals surface area contributed by atoms with Gasteiger partial charge in [0, 0.05) is 23.6 Å². The van der Waals surface area contributed by atoms with E-state index in [9.17, 15) is 14.9 Å². The molecule has 0 unspecified atom stereocenters. The van der Waals surface area contributed by atoms with Crippen molar-refractivity contribution in [2.24, 2.45) is 0 Å². The van der Waals surface area contributed by atoms with E-state index in [0.717, 1.165) is 18.4 Å². The highest BCUT2D eigenvalue weighted by molar-refractivity contribution is 8.00. The molecule has 0 bridgehead atoms. The molecule has 2 N–H and O–H groups in total. The van der Waals surface area contributed by atoms with Gasteiger partial charge in [-0.2, -0.15) is 11.8 Å². The van der Waals surface area contributed by atoms with Gasteiger partial charge in [-0.25, -0.2) is 4.98 Å². The molecular formula is C13H18N4O3S. The summed E-state index contributed by atoms with van der Waals surface area (Å²) in [5, 5.41) is 11.0. The van der Waals surface area contributed by atoms with Gasteiger partial charge >= 0.3 is 0 Å². The Labute approximate surface area is 127 Å². The van der Waals surface area contributed by atoms with E-state index in [1.165, 1.54) is 6.07 Å². The van der Waals surface area contributed by atoms with Crippen molar-refractivity contribution in [3.05, 3.63) is 27.9 Å². The Bertz CT molecular complexity index is 577. The second-order valence-electron chi connectivity index (χ2n) is 5.53. The number of nitrogen functional groups attached to an aromatic ring is 1. The van der Waals surface area contributed by atoms with E-state index in [2.05, 4.69) is 18.8 Å². The number of carbonyl (C=O) groups excluding carboxylic acids is 1. The quantitative estimate of drug-likeness (QED) is 0.661. The Morgan fingerprint density at radius 1 is 1.52 bits per heavy atom. The zero-order valence-electron chi connectivity index (χ0n) is 12.0. The smallest absolute Gasteiger partial charge is 0.300 e. The van der Waals surface area contributed by atoms with Gasteiger partial charge in [-0.1, -0.05) is 13.8 Å². The highest BCUT2D eigenvalue weighted by Crippen LogP contribution is 2.31. The van der Waals surface area contributed by atoms with E-state index in [0.29, 0.717) is 13.1 Å². The summed E-state index contributed by atoms with van der Waals surface area (Å²) in [6.45, 7) is 5.43. The van der Waals surface area contributed by atoms with Crippen molar-refractivity contribution in [1.82, 2.24) is 9.88 Å². The fourth-order valence-corrected chi connectivity index (χ4v) is 3.27. The number of pyridine rings is 1. The first kappa shape index (κ1) is 15.6. The fraction of sp³-hybridized carbons (Fsp3) is 0.538. The minimum atomic E-state index is -0.601. The Balaban J connectivity index is 2.27. The molecule has 1 amide bonds. The Morgan fingerprint density at radius 3 is 2.90 bits per heavy atom. The molecule has 0 saturated carbocycles. The third kappa shape index (κ3) is 3.63. The predicted molar refractivity (Wildman–Crippen MR) is 82.4 cm³/mol. The summed E-state index contributed by atoms with van der Waals surface area (Å²) in [6.07, 6.45) is 1.89. The van der Waals surface area contributed by atoms with E-state index in [-0.39, 0.29) is 27.7 Å². The van der Waals surface area contributed by atoms with Crippen molar-refractivity contribution in [3.63, 3.8) is 0 Å². The lowest BCUT2D eigenvalue weighted by molar-refractivity contribution is -0.385. The zero-order valence-corrected chi connectivity index (χ0v) is 12.9. The van der Waals surface area contributed by atoms with Crippen LogP contribution in [0.1, 0.15) is 30.6 Å². The summed E-state index contributed by atoms with van der Waals surface area (Å²) in [5.74, 6) is 0.565. The van der Waals surface area contributed by atoms with E-state index >= 15 is 0 Å². The molecule has 2 rings (SSSR count). The average Bonchev–Trinajstić information content (AvgIpc) is 2.58. The van der Waals surface area contributed by atoms with Gasteiger partial charge in [0.2, 0.25) is 0 Å². The fourth-order valence-electron chi connectivity index (χ4n) is 2.17. The number of thioether (sulfide) groups is 1. The van der Waals surface area contributed by atoms with Crippen LogP contribution in [0.5, 0.6) is 0 Å². The number of rotatable bonds is 2. The van der Waals surface area contributed by atoms with Gasteiger partial charge in [0.25, 0.3) is 11.6 Å². The molecule has 2 heterocycles. The van der Waals surface area contributed by atoms with Gasteiger partial charge in [0.15, 0.2) is 0 Å². The summed E-state index contributed by atoms with van der Waals surface area (Å²) in [6, 6.07) is 1.28. The maximum atomic E-state index is 12.6. The minimum Gasteiger partial charge on any atom is -0.384 e. The van der Waals surface area contributed by atoms with Crippen LogP contribution in [0.2, 0.25) is 0 Å². The first-order valence-corrected chi connectivity index (χ1v) is 7.62. The third-order valence-corrected chi connectivity index (χ3v) is 4.83. The Hall–Kier alpha value is -1.83. The average molecular weight is 310 g/mol. The first-order valence-electron chi connectivity index (χ1n) is 6.63. The summed E-state index contributed by atoms with van der Waals surface area (Å²) in [5.41, 5.74) is 5.27. The van der Waals surface area contributed by atoms with E-state index in [1.54, 1.807) is 16.7 Å². The molecule has 0 aliphatic carbocycles. The predicted octanol–water partition coefficient (Wildman–Crippen LogP) is 1.93. The third-order valence-electron chi connectivity index (χ3n) is 3.46. The van der Waals surface area contributed by atoms with Gasteiger partial charge in [-0.3, -0.25) is 14.9 Å². The van der Waals surface area contributed by atoms with Crippen molar-refractivity contribution in [2.75, 3.05) is 24.6 Å². The number of nitro groups is 1. The lowest BCUT2D eigenvalue weighted by Gasteiger charge is -2.22. The van der Waals surface area contributed by atoms with Gasteiger partial charge < -0.3 is 10.6 Å². The summed E-state index contributed by atoms with van der Waals surface area (Å²) < 4.78 is 0.109. The van der Waals surface area contributed by atoms with Crippen molar-refractivity contribution in [1.29, 1.82) is 0 Å². The molecule has 21 heavy (non-hydrogen) atoms. The normalized spacial score (nSPS) is 18.1. The molecule has 0 radical (unpaired) electrons. The molecule has 8 heteroatoms. The molecular weight excluding hydrogens is 292 g/mol. The maximum absolute atomic E-state index is 12.6. The number of hydrogen-bond donors (Lipinski definition) is 1. The van der Waals surface area contributed by atoms with Crippen molar-refractivity contribution >= 4 is 29.2 Å². The largest absolute Gasteiger partial charge is 0.384 e. The number of amides is 1. The second-order valence-corrected chi connectivity index (χ2v) is 7.34. The van der Waals surface area contributed by atoms with Crippen LogP contribution in [0.3, 0.4) is 0 Å². The lowest BCUT2D eigenvalue weighted by atomic mass is 10.1. The summed E-state index contributed by atoms with van der Waals surface area (Å²) in [4.78, 5) is 28.4. The van der Waals surface area contributed by atoms with Gasteiger partial charge in [0.05, 0.1) is 4.92 Å². The number of hydrogen-bond acceptors (Lipinski definition) is 6. The van der Waals surface area contributed by atoms with Crippen LogP contribution in [0.25, 0.3) is 0 Å². The molecule has 114 valence electrons. The molecule has 1 aromatic rings. The van der Waals surface area contributed by atoms with Gasteiger partial charge in [0.1, 0.15) is 17.6 Å². The van der Waals surface area contributed by atoms with Gasteiger partial charge in [-0.05, 0) is 12.5 Å². The van der Waals surface area contributed by atoms with E-state index < -0.39 is 4.92 Å². The van der Waals surface area contributed by atoms with Crippen LogP contribution < -0.4 is 5.73 Å². The summed E-state index contributed by atoms with van der Waals surface area (Å²) >= 11 is 1.81. The molecule has 1 fully saturated rings. The standard InChI is InChI=1S/C13H18N4O3S/c1-13(2)3-4-16(5-6-21-13)12(18)9-7-11(14)15-8-10(9)17(19)20/h7-8H,3-6H2,1-2H3,(H2,14,15). The molecule has 1 saturated heterocycles. The van der Waals surface area contributed by atoms with Crippen LogP contribution in [-0.4, -0.2) is 44.3 Å². The minimum absolute atomic E-state index is 0.0113. The SMILES string of the molecule is CC1(C)CCN(C(=O)c2cc(N)ncc2[N+](=O)[O-])CCS1. The second kappa shape index (κ2) is 5.88. The Morgan fingerprint density at radius 2 is 2.24 bits per heavy atom. The van der Waals surface area contributed by atoms with Gasteiger partial charge in [-0.15, -0.1) is 0 Å². The van der Waals surface area contributed by atoms with Crippen molar-refractivity contribution in [3.8, 4) is 0 Å². The zero-order chi connectivity index (χ0) is 15.6. The first-order chi connectivity index (χ1) is 9.80. The topological polar surface area (TPSA) is 102 Å². The highest BCUT2D eigenvalue weighted by Gasteiger charge is 2.30. The number of anilines is 1. The summed E-state index contributed by atoms with van der Waals surface area (Å²) in [7, 11) is 0. The molecule has 0 aromatic carbocycles. The number of nitrogens with two attached hydrogens (primary N) is 1. The molecule has 1 aromatic heterocycles. The van der Waals surface area contributed by atoms with Crippen LogP contribution in [0, 0.1) is 10.1 Å². The molecule has 7 nitrogen and oxygen atoms in total. The number of nitrogens with zero attached hydrogens (tertiary/aromatic N) is 3.